The molecule has 10 rings (SSSR count). The monoisotopic (exact) mass is 1210 g/mol. The Bertz CT molecular complexity index is 3230. The van der Waals surface area contributed by atoms with Gasteiger partial charge >= 0.3 is 29.6 Å². The Kier molecular flexibility index (Phi) is 21.3. The number of hydrogen-bond donors (Lipinski definition) is 1. The van der Waals surface area contributed by atoms with E-state index < -0.39 is 0 Å². The first-order chi connectivity index (χ1) is 36.1. The number of alkyl halides is 1. The van der Waals surface area contributed by atoms with Crippen molar-refractivity contribution in [1.82, 2.24) is 29.8 Å². The zero-order valence-corrected chi connectivity index (χ0v) is 50.9. The molecule has 8 aromatic rings. The van der Waals surface area contributed by atoms with Crippen LogP contribution in [0, 0.1) is 27.7 Å². The standard InChI is InChI=1S/C29H27Cl3N4O.C22H21Cl3N4O.C7H7Br.Na.H/c1-19-28(20(2)36(33-19)17-21-6-4-3-5-7-21)29(37)34-14-15-35(26-13-12-24(31)16-25(26)32)27(18-34)22-8-10-23(30)11-9-22;1-13-21(14(2)27-26-13)22(30)28-9-10-29(19-8-7-17(24)11-18(19)25)20(12-28)15-3-5-16(23)6-4-15;8-6-7-4-2-1-3-5-7;;/h3-13,16,27H,14-15,17-18H2,1-2H3;3-8,11,20H,9-10,12H2,1-2H3,(H,26,27);1-5H,6H2;;/q;;;+1;-1. The molecule has 0 radical (unpaired) electrons. The minimum Gasteiger partial charge on any atom is -1.00 e. The van der Waals surface area contributed by atoms with E-state index in [9.17, 15) is 9.59 Å². The fourth-order valence-electron chi connectivity index (χ4n) is 9.55. The first kappa shape index (κ1) is 59.2. The third kappa shape index (κ3) is 14.4. The van der Waals surface area contributed by atoms with Crippen molar-refractivity contribution < 1.29 is 40.6 Å². The fourth-order valence-corrected chi connectivity index (χ4v) is 11.2. The van der Waals surface area contributed by atoms with E-state index in [0.29, 0.717) is 92.8 Å². The molecule has 4 heterocycles. The van der Waals surface area contributed by atoms with Gasteiger partial charge in [-0.05, 0) is 111 Å². The van der Waals surface area contributed by atoms with E-state index in [1.165, 1.54) is 5.56 Å². The van der Waals surface area contributed by atoms with E-state index in [4.69, 9.17) is 74.7 Å². The number of carbonyl (C=O) groups excluding carboxylic acids is 2. The largest absolute Gasteiger partial charge is 1.00 e. The normalized spacial score (nSPS) is 15.2. The number of rotatable bonds is 9. The molecule has 2 amide bonds. The van der Waals surface area contributed by atoms with Crippen molar-refractivity contribution in [2.75, 3.05) is 49.1 Å². The van der Waals surface area contributed by atoms with Gasteiger partial charge in [-0.1, -0.05) is 170 Å². The average Bonchev–Trinajstić information content (AvgIpc) is 3.92. The number of halogens is 7. The van der Waals surface area contributed by atoms with Crippen molar-refractivity contribution in [2.24, 2.45) is 0 Å². The number of benzene rings is 6. The van der Waals surface area contributed by atoms with Crippen LogP contribution in [0.1, 0.15) is 79.3 Å². The number of aryl methyl sites for hydroxylation is 3. The Balaban J connectivity index is 0.000000216. The minimum atomic E-state index is -0.103. The molecular formula is C58H56BrCl6N8NaO2. The number of aromatic amines is 1. The van der Waals surface area contributed by atoms with Crippen LogP contribution in [0.2, 0.25) is 30.1 Å². The number of carbonyl (C=O) groups is 2. The van der Waals surface area contributed by atoms with Crippen LogP contribution in [0.4, 0.5) is 11.4 Å². The van der Waals surface area contributed by atoms with E-state index >= 15 is 0 Å². The van der Waals surface area contributed by atoms with Crippen molar-refractivity contribution in [3.05, 3.63) is 232 Å². The predicted molar refractivity (Wildman–Crippen MR) is 313 cm³/mol. The number of hydrogen-bond acceptors (Lipinski definition) is 6. The van der Waals surface area contributed by atoms with Gasteiger partial charge < -0.3 is 21.0 Å². The summed E-state index contributed by atoms with van der Waals surface area (Å²) in [4.78, 5) is 35.4. The summed E-state index contributed by atoms with van der Waals surface area (Å²) in [6.07, 6.45) is 0. The van der Waals surface area contributed by atoms with Gasteiger partial charge in [0.2, 0.25) is 0 Å². The van der Waals surface area contributed by atoms with Crippen LogP contribution in [0.15, 0.2) is 146 Å². The molecule has 0 saturated carbocycles. The first-order valence-corrected chi connectivity index (χ1v) is 27.7. The third-order valence-electron chi connectivity index (χ3n) is 13.4. The predicted octanol–water partition coefficient (Wildman–Crippen LogP) is 12.6. The van der Waals surface area contributed by atoms with Crippen molar-refractivity contribution in [1.29, 1.82) is 0 Å². The van der Waals surface area contributed by atoms with Crippen LogP contribution in [0.25, 0.3) is 0 Å². The van der Waals surface area contributed by atoms with Gasteiger partial charge in [0.05, 0.1) is 62.6 Å². The minimum absolute atomic E-state index is 0. The molecular weight excluding hydrogens is 1160 g/mol. The number of piperazine rings is 2. The van der Waals surface area contributed by atoms with E-state index in [2.05, 4.69) is 60.2 Å². The summed E-state index contributed by atoms with van der Waals surface area (Å²) < 4.78 is 1.91. The Labute approximate surface area is 507 Å². The quantitative estimate of drug-likeness (QED) is 0.114. The number of H-pyrrole nitrogens is 1. The van der Waals surface area contributed by atoms with E-state index in [0.717, 1.165) is 50.5 Å². The molecule has 76 heavy (non-hydrogen) atoms. The summed E-state index contributed by atoms with van der Waals surface area (Å²) >= 11 is 41.0. The van der Waals surface area contributed by atoms with Crippen LogP contribution in [0.3, 0.4) is 0 Å². The van der Waals surface area contributed by atoms with Crippen LogP contribution in [-0.2, 0) is 11.9 Å². The van der Waals surface area contributed by atoms with Crippen LogP contribution in [0.5, 0.6) is 0 Å². The second kappa shape index (κ2) is 27.4. The zero-order chi connectivity index (χ0) is 53.3. The maximum absolute atomic E-state index is 13.9. The second-order valence-electron chi connectivity index (χ2n) is 18.3. The number of amides is 2. The van der Waals surface area contributed by atoms with Gasteiger partial charge in [0.25, 0.3) is 11.8 Å². The Morgan fingerprint density at radius 2 is 1.00 bits per heavy atom. The van der Waals surface area contributed by atoms with Crippen molar-refractivity contribution in [3.63, 3.8) is 0 Å². The summed E-state index contributed by atoms with van der Waals surface area (Å²) in [6, 6.07) is 46.8. The van der Waals surface area contributed by atoms with Crippen molar-refractivity contribution in [2.45, 2.75) is 51.7 Å². The maximum Gasteiger partial charge on any atom is 1.00 e. The number of nitrogens with zero attached hydrogens (tertiary/aromatic N) is 7. The van der Waals surface area contributed by atoms with Gasteiger partial charge in [-0.15, -0.1) is 0 Å². The molecule has 10 nitrogen and oxygen atoms in total. The molecule has 2 fully saturated rings. The molecule has 0 aliphatic carbocycles. The number of anilines is 2. The van der Waals surface area contributed by atoms with E-state index in [-0.39, 0.29) is 54.9 Å². The molecule has 2 aliphatic heterocycles. The molecule has 2 unspecified atom stereocenters. The molecule has 6 aromatic carbocycles. The molecule has 0 bridgehead atoms. The molecule has 0 spiro atoms. The molecule has 1 N–H and O–H groups in total. The zero-order valence-electron chi connectivity index (χ0n) is 43.8. The Morgan fingerprint density at radius 3 is 1.41 bits per heavy atom. The fraction of sp³-hybridized carbons (Fsp3) is 0.241. The SMILES string of the molecule is BrCc1ccccc1.Cc1n[nH]c(C)c1C(=O)N1CCN(c2ccc(Cl)cc2Cl)C(c2ccc(Cl)cc2)C1.Cc1nn(Cc2ccccc2)c(C)c1C(=O)N1CCN(c2ccc(Cl)cc2Cl)C(c2ccc(Cl)cc2)C1.[H-].[Na+]. The van der Waals surface area contributed by atoms with Gasteiger partial charge in [0.15, 0.2) is 0 Å². The second-order valence-corrected chi connectivity index (χ2v) is 21.5. The smallest absolute Gasteiger partial charge is 1.00 e. The van der Waals surface area contributed by atoms with Gasteiger partial charge in [-0.3, -0.25) is 19.4 Å². The summed E-state index contributed by atoms with van der Waals surface area (Å²) in [5.74, 6) is -0.0188. The molecule has 390 valence electrons. The molecule has 2 aromatic heterocycles. The molecule has 2 aliphatic rings. The maximum atomic E-state index is 13.9. The van der Waals surface area contributed by atoms with Gasteiger partial charge in [0, 0.05) is 76.1 Å². The van der Waals surface area contributed by atoms with Crippen LogP contribution in [-0.4, -0.2) is 80.9 Å². The number of aromatic nitrogens is 4. The summed E-state index contributed by atoms with van der Waals surface area (Å²) in [5.41, 5.74) is 10.8. The summed E-state index contributed by atoms with van der Waals surface area (Å²) in [5, 5.41) is 16.4. The summed E-state index contributed by atoms with van der Waals surface area (Å²) in [7, 11) is 0. The van der Waals surface area contributed by atoms with E-state index in [1.807, 2.05) is 151 Å². The molecule has 2 atom stereocenters. The Hall–Kier alpha value is -4.50. The summed E-state index contributed by atoms with van der Waals surface area (Å²) in [6.45, 7) is 11.6. The van der Waals surface area contributed by atoms with E-state index in [1.54, 1.807) is 12.1 Å². The van der Waals surface area contributed by atoms with Crippen LogP contribution >= 0.6 is 85.5 Å². The topological polar surface area (TPSA) is 93.6 Å². The average molecular weight is 1210 g/mol. The third-order valence-corrected chi connectivity index (χ3v) is 15.6. The molecule has 18 heteroatoms. The van der Waals surface area contributed by atoms with Crippen molar-refractivity contribution in [3.8, 4) is 0 Å². The van der Waals surface area contributed by atoms with Crippen LogP contribution < -0.4 is 39.4 Å². The Morgan fingerprint density at radius 1 is 0.566 bits per heavy atom. The van der Waals surface area contributed by atoms with Crippen molar-refractivity contribution >= 4 is 109 Å². The van der Waals surface area contributed by atoms with Gasteiger partial charge in [-0.25, -0.2) is 0 Å². The van der Waals surface area contributed by atoms with Gasteiger partial charge in [0.1, 0.15) is 0 Å². The van der Waals surface area contributed by atoms with Gasteiger partial charge in [-0.2, -0.15) is 10.2 Å². The number of nitrogens with one attached hydrogen (secondary N) is 1. The first-order valence-electron chi connectivity index (χ1n) is 24.3. The molecule has 2 saturated heterocycles.